The fraction of sp³-hybridized carbons (Fsp3) is 0.450. The summed E-state index contributed by atoms with van der Waals surface area (Å²) in [4.78, 5) is 10.3. The van der Waals surface area contributed by atoms with Crippen LogP contribution in [0.15, 0.2) is 58.7 Å². The molecule has 0 unspecified atom stereocenters. The van der Waals surface area contributed by atoms with Crippen LogP contribution in [-0.2, 0) is 4.79 Å². The first kappa shape index (κ1) is 17.4. The lowest BCUT2D eigenvalue weighted by Gasteiger charge is -2.32. The van der Waals surface area contributed by atoms with E-state index in [9.17, 15) is 4.79 Å². The van der Waals surface area contributed by atoms with Gasteiger partial charge in [0.05, 0.1) is 0 Å². The van der Waals surface area contributed by atoms with Crippen molar-refractivity contribution in [2.75, 3.05) is 0 Å². The van der Waals surface area contributed by atoms with E-state index in [0.29, 0.717) is 0 Å². The lowest BCUT2D eigenvalue weighted by atomic mass is 9.72. The van der Waals surface area contributed by atoms with Gasteiger partial charge in [0, 0.05) is 0 Å². The van der Waals surface area contributed by atoms with Gasteiger partial charge in [-0.15, -0.1) is 0 Å². The molecule has 114 valence electrons. The van der Waals surface area contributed by atoms with Gasteiger partial charge < -0.3 is 0 Å². The molecular weight excluding hydrogens is 256 g/mol. The Morgan fingerprint density at radius 3 is 2.38 bits per heavy atom. The molecule has 0 saturated heterocycles. The van der Waals surface area contributed by atoms with Gasteiger partial charge >= 0.3 is 0 Å². The molecule has 0 spiro atoms. The minimum atomic E-state index is 0.290. The van der Waals surface area contributed by atoms with Crippen molar-refractivity contribution in [2.45, 2.75) is 53.9 Å². The van der Waals surface area contributed by atoms with Gasteiger partial charge in [0.1, 0.15) is 6.29 Å². The molecule has 1 rings (SSSR count). The summed E-state index contributed by atoms with van der Waals surface area (Å²) in [5, 5.41) is 0. The normalized spacial score (nSPS) is 20.6. The molecule has 1 heteroatoms. The van der Waals surface area contributed by atoms with Gasteiger partial charge in [0.15, 0.2) is 0 Å². The minimum absolute atomic E-state index is 0.290. The second-order valence-electron chi connectivity index (χ2n) is 6.58. The lowest BCUT2D eigenvalue weighted by Crippen LogP contribution is -2.19. The van der Waals surface area contributed by atoms with Crippen molar-refractivity contribution in [1.29, 1.82) is 0 Å². The minimum Gasteiger partial charge on any atom is -0.299 e. The summed E-state index contributed by atoms with van der Waals surface area (Å²) >= 11 is 0. The highest BCUT2D eigenvalue weighted by Crippen LogP contribution is 2.40. The van der Waals surface area contributed by atoms with Crippen LogP contribution in [0.2, 0.25) is 0 Å². The largest absolute Gasteiger partial charge is 0.299 e. The van der Waals surface area contributed by atoms with Gasteiger partial charge in [-0.2, -0.15) is 0 Å². The van der Waals surface area contributed by atoms with E-state index in [2.05, 4.69) is 45.9 Å². The van der Waals surface area contributed by atoms with Crippen LogP contribution in [0, 0.1) is 5.41 Å². The highest BCUT2D eigenvalue weighted by molar-refractivity contribution is 5.66. The summed E-state index contributed by atoms with van der Waals surface area (Å²) in [6, 6.07) is 0. The van der Waals surface area contributed by atoms with E-state index in [4.69, 9.17) is 0 Å². The number of carbonyl (C=O) groups is 1. The predicted octanol–water partition coefficient (Wildman–Crippen LogP) is 5.72. The Morgan fingerprint density at radius 1 is 1.10 bits per heavy atom. The quantitative estimate of drug-likeness (QED) is 0.358. The third kappa shape index (κ3) is 5.71. The summed E-state index contributed by atoms with van der Waals surface area (Å²) in [6.07, 6.45) is 16.6. The molecule has 0 heterocycles. The Morgan fingerprint density at radius 2 is 1.76 bits per heavy atom. The topological polar surface area (TPSA) is 17.1 Å². The van der Waals surface area contributed by atoms with Crippen LogP contribution >= 0.6 is 0 Å². The van der Waals surface area contributed by atoms with E-state index in [1.54, 1.807) is 6.08 Å². The molecule has 0 N–H and O–H groups in total. The van der Waals surface area contributed by atoms with E-state index >= 15 is 0 Å². The van der Waals surface area contributed by atoms with Crippen LogP contribution in [0.25, 0.3) is 0 Å². The second kappa shape index (κ2) is 7.97. The smallest absolute Gasteiger partial charge is 0.143 e. The average molecular weight is 284 g/mol. The number of hydrogen-bond acceptors (Lipinski definition) is 1. The molecule has 0 radical (unpaired) electrons. The molecule has 0 amide bonds. The molecule has 0 bridgehead atoms. The molecule has 0 aromatic carbocycles. The van der Waals surface area contributed by atoms with Crippen molar-refractivity contribution in [3.05, 3.63) is 58.7 Å². The van der Waals surface area contributed by atoms with E-state index in [1.807, 2.05) is 19.1 Å². The first-order valence-electron chi connectivity index (χ1n) is 7.72. The zero-order valence-corrected chi connectivity index (χ0v) is 14.1. The molecular formula is C20H28O. The lowest BCUT2D eigenvalue weighted by molar-refractivity contribution is -0.104. The summed E-state index contributed by atoms with van der Waals surface area (Å²) in [7, 11) is 0. The van der Waals surface area contributed by atoms with Crippen molar-refractivity contribution < 1.29 is 4.79 Å². The zero-order chi connectivity index (χ0) is 15.9. The third-order valence-corrected chi connectivity index (χ3v) is 4.10. The number of hydrogen-bond donors (Lipinski definition) is 0. The summed E-state index contributed by atoms with van der Waals surface area (Å²) < 4.78 is 0. The monoisotopic (exact) mass is 284 g/mol. The highest BCUT2D eigenvalue weighted by Gasteiger charge is 2.26. The standard InChI is InChI=1S/C20H28O/c1-16(8-6-9-17(2)13-15-21)11-12-19-18(3)10-7-14-20(19,4)5/h6,8-9,11-13,15H,7,10,14H2,1-5H3/b9-6+,12-11+,16-8+,17-13-. The molecule has 21 heavy (non-hydrogen) atoms. The van der Waals surface area contributed by atoms with Crippen molar-refractivity contribution >= 4 is 6.29 Å². The van der Waals surface area contributed by atoms with Gasteiger partial charge in [-0.25, -0.2) is 0 Å². The van der Waals surface area contributed by atoms with E-state index in [-0.39, 0.29) is 5.41 Å². The third-order valence-electron chi connectivity index (χ3n) is 4.10. The molecule has 0 aliphatic heterocycles. The fourth-order valence-electron chi connectivity index (χ4n) is 2.80. The Kier molecular flexibility index (Phi) is 6.61. The molecule has 0 fully saturated rings. The van der Waals surface area contributed by atoms with Gasteiger partial charge in [-0.1, -0.05) is 55.4 Å². The average Bonchev–Trinajstić information content (AvgIpc) is 2.37. The van der Waals surface area contributed by atoms with Crippen LogP contribution in [0.1, 0.15) is 53.9 Å². The van der Waals surface area contributed by atoms with Crippen LogP contribution < -0.4 is 0 Å². The fourth-order valence-corrected chi connectivity index (χ4v) is 2.80. The van der Waals surface area contributed by atoms with E-state index in [0.717, 1.165) is 11.9 Å². The summed E-state index contributed by atoms with van der Waals surface area (Å²) in [5.74, 6) is 0. The Balaban J connectivity index is 2.80. The first-order chi connectivity index (χ1) is 9.86. The van der Waals surface area contributed by atoms with Crippen molar-refractivity contribution in [1.82, 2.24) is 0 Å². The van der Waals surface area contributed by atoms with Gasteiger partial charge in [0.25, 0.3) is 0 Å². The van der Waals surface area contributed by atoms with Crippen LogP contribution in [0.3, 0.4) is 0 Å². The first-order valence-corrected chi connectivity index (χ1v) is 7.72. The van der Waals surface area contributed by atoms with Crippen LogP contribution in [0.4, 0.5) is 0 Å². The molecule has 0 atom stereocenters. The van der Waals surface area contributed by atoms with Crippen LogP contribution in [-0.4, -0.2) is 6.29 Å². The predicted molar refractivity (Wildman–Crippen MR) is 92.2 cm³/mol. The molecule has 1 aliphatic carbocycles. The Hall–Kier alpha value is -1.63. The number of carbonyl (C=O) groups excluding carboxylic acids is 1. The molecule has 0 saturated carbocycles. The Labute approximate surface area is 129 Å². The van der Waals surface area contributed by atoms with E-state index in [1.165, 1.54) is 36.0 Å². The highest BCUT2D eigenvalue weighted by atomic mass is 16.1. The SMILES string of the molecule is CC1=C(/C=C/C(C)=C/C=C/C(C)=C\C=O)C(C)(C)CCC1. The summed E-state index contributed by atoms with van der Waals surface area (Å²) in [5.41, 5.74) is 5.48. The van der Waals surface area contributed by atoms with Gasteiger partial charge in [-0.3, -0.25) is 4.79 Å². The summed E-state index contributed by atoms with van der Waals surface area (Å²) in [6.45, 7) is 10.9. The molecule has 0 aromatic rings. The molecule has 1 aliphatic rings. The second-order valence-corrected chi connectivity index (χ2v) is 6.58. The van der Waals surface area contributed by atoms with Crippen molar-refractivity contribution in [3.8, 4) is 0 Å². The maximum atomic E-state index is 10.3. The zero-order valence-electron chi connectivity index (χ0n) is 14.1. The molecule has 1 nitrogen and oxygen atoms in total. The number of allylic oxidation sites excluding steroid dienone is 10. The number of rotatable bonds is 5. The van der Waals surface area contributed by atoms with Crippen molar-refractivity contribution in [2.24, 2.45) is 5.41 Å². The van der Waals surface area contributed by atoms with Gasteiger partial charge in [-0.05, 0) is 62.7 Å². The van der Waals surface area contributed by atoms with Crippen LogP contribution in [0.5, 0.6) is 0 Å². The van der Waals surface area contributed by atoms with Crippen molar-refractivity contribution in [3.63, 3.8) is 0 Å². The number of aldehydes is 1. The van der Waals surface area contributed by atoms with Gasteiger partial charge in [0.2, 0.25) is 0 Å². The molecule has 0 aromatic heterocycles. The maximum absolute atomic E-state index is 10.3. The Bertz CT molecular complexity index is 522. The van der Waals surface area contributed by atoms with E-state index < -0.39 is 0 Å². The maximum Gasteiger partial charge on any atom is 0.143 e.